The minimum atomic E-state index is -3.19. The fraction of sp³-hybridized carbons (Fsp3) is 0.500. The number of methoxy groups -OCH3 is 1. The highest BCUT2D eigenvalue weighted by Gasteiger charge is 2.36. The van der Waals surface area contributed by atoms with Crippen molar-refractivity contribution in [3.8, 4) is 0 Å². The molecule has 1 atom stereocenters. The average Bonchev–Trinajstić information content (AvgIpc) is 2.94. The molecule has 0 radical (unpaired) electrons. The molecular weight excluding hydrogens is 351 g/mol. The predicted octanol–water partition coefficient (Wildman–Crippen LogP) is 0.104. The predicted molar refractivity (Wildman–Crippen MR) is 88.9 cm³/mol. The Hall–Kier alpha value is -2.00. The third-order valence-corrected chi connectivity index (χ3v) is 5.76. The van der Waals surface area contributed by atoms with Crippen molar-refractivity contribution in [3.63, 3.8) is 0 Å². The molecule has 0 spiro atoms. The zero-order chi connectivity index (χ0) is 18.4. The third-order valence-electron chi connectivity index (χ3n) is 4.01. The Labute approximate surface area is 146 Å². The second kappa shape index (κ2) is 8.39. The standard InChI is InChI=1S/C16H21FN2O5S/c1-24-8-7-19(14-6-9-25(22,23)11-14)16(21)15(20)18-10-12-2-4-13(17)5-3-12/h2-5,14H,6-11H2,1H3,(H,18,20). The van der Waals surface area contributed by atoms with E-state index in [1.165, 1.54) is 36.3 Å². The number of sulfone groups is 1. The lowest BCUT2D eigenvalue weighted by Crippen LogP contribution is -2.49. The van der Waals surface area contributed by atoms with Crippen molar-refractivity contribution in [2.24, 2.45) is 0 Å². The molecule has 1 unspecified atom stereocenters. The highest BCUT2D eigenvalue weighted by molar-refractivity contribution is 7.91. The lowest BCUT2D eigenvalue weighted by molar-refractivity contribution is -0.147. The van der Waals surface area contributed by atoms with Gasteiger partial charge in [-0.2, -0.15) is 0 Å². The molecular formula is C16H21FN2O5S. The van der Waals surface area contributed by atoms with Crippen LogP contribution in [0, 0.1) is 5.82 Å². The number of halogens is 1. The summed E-state index contributed by atoms with van der Waals surface area (Å²) in [4.78, 5) is 25.8. The van der Waals surface area contributed by atoms with E-state index in [9.17, 15) is 22.4 Å². The summed E-state index contributed by atoms with van der Waals surface area (Å²) in [6, 6.07) is 5.01. The fourth-order valence-corrected chi connectivity index (χ4v) is 4.38. The van der Waals surface area contributed by atoms with Crippen molar-refractivity contribution in [2.45, 2.75) is 19.0 Å². The summed E-state index contributed by atoms with van der Waals surface area (Å²) in [6.07, 6.45) is 0.309. The van der Waals surface area contributed by atoms with E-state index in [1.807, 2.05) is 0 Å². The summed E-state index contributed by atoms with van der Waals surface area (Å²) in [6.45, 7) is 0.416. The molecule has 0 aromatic heterocycles. The molecule has 1 aromatic carbocycles. The minimum Gasteiger partial charge on any atom is -0.383 e. The molecule has 9 heteroatoms. The smallest absolute Gasteiger partial charge is 0.312 e. The van der Waals surface area contributed by atoms with Gasteiger partial charge in [-0.25, -0.2) is 12.8 Å². The van der Waals surface area contributed by atoms with Crippen LogP contribution in [0.3, 0.4) is 0 Å². The first-order chi connectivity index (χ1) is 11.8. The van der Waals surface area contributed by atoms with Crippen molar-refractivity contribution < 1.29 is 27.1 Å². The van der Waals surface area contributed by atoms with Gasteiger partial charge in [-0.3, -0.25) is 9.59 Å². The number of benzene rings is 1. The number of carbonyl (C=O) groups is 2. The van der Waals surface area contributed by atoms with Crippen LogP contribution in [0.5, 0.6) is 0 Å². The highest BCUT2D eigenvalue weighted by Crippen LogP contribution is 2.18. The summed E-state index contributed by atoms with van der Waals surface area (Å²) < 4.78 is 41.1. The molecule has 1 N–H and O–H groups in total. The topological polar surface area (TPSA) is 92.8 Å². The van der Waals surface area contributed by atoms with Gasteiger partial charge < -0.3 is 15.0 Å². The lowest BCUT2D eigenvalue weighted by Gasteiger charge is -2.27. The molecule has 25 heavy (non-hydrogen) atoms. The molecule has 0 bridgehead atoms. The Balaban J connectivity index is 1.99. The lowest BCUT2D eigenvalue weighted by atomic mass is 10.2. The van der Waals surface area contributed by atoms with Gasteiger partial charge in [0, 0.05) is 26.2 Å². The summed E-state index contributed by atoms with van der Waals surface area (Å²) >= 11 is 0. The van der Waals surface area contributed by atoms with Crippen molar-refractivity contribution in [1.29, 1.82) is 0 Å². The van der Waals surface area contributed by atoms with Crippen LogP contribution in [0.2, 0.25) is 0 Å². The van der Waals surface area contributed by atoms with E-state index < -0.39 is 27.7 Å². The van der Waals surface area contributed by atoms with Crippen LogP contribution >= 0.6 is 0 Å². The number of nitrogens with zero attached hydrogens (tertiary/aromatic N) is 1. The van der Waals surface area contributed by atoms with Gasteiger partial charge in [0.05, 0.1) is 18.1 Å². The van der Waals surface area contributed by atoms with Gasteiger partial charge in [0.25, 0.3) is 0 Å². The van der Waals surface area contributed by atoms with Gasteiger partial charge >= 0.3 is 11.8 Å². The number of nitrogens with one attached hydrogen (secondary N) is 1. The minimum absolute atomic E-state index is 0.00558. The first kappa shape index (κ1) is 19.3. The maximum atomic E-state index is 12.9. The van der Waals surface area contributed by atoms with E-state index in [4.69, 9.17) is 4.74 Å². The van der Waals surface area contributed by atoms with Gasteiger partial charge in [0.1, 0.15) is 5.82 Å². The largest absolute Gasteiger partial charge is 0.383 e. The fourth-order valence-electron chi connectivity index (χ4n) is 2.65. The third kappa shape index (κ3) is 5.50. The zero-order valence-electron chi connectivity index (χ0n) is 13.9. The van der Waals surface area contributed by atoms with Crippen molar-refractivity contribution in [2.75, 3.05) is 31.8 Å². The zero-order valence-corrected chi connectivity index (χ0v) is 14.7. The number of ether oxygens (including phenoxy) is 1. The summed E-state index contributed by atoms with van der Waals surface area (Å²) in [5.41, 5.74) is 0.648. The van der Waals surface area contributed by atoms with Crippen molar-refractivity contribution in [3.05, 3.63) is 35.6 Å². The molecule has 1 aliphatic rings. The molecule has 7 nitrogen and oxygen atoms in total. The number of rotatable bonds is 6. The quantitative estimate of drug-likeness (QED) is 0.715. The molecule has 0 saturated carbocycles. The van der Waals surface area contributed by atoms with Gasteiger partial charge in [-0.15, -0.1) is 0 Å². The summed E-state index contributed by atoms with van der Waals surface area (Å²) in [5.74, 6) is -2.15. The number of hydrogen-bond acceptors (Lipinski definition) is 5. The number of hydrogen-bond donors (Lipinski definition) is 1. The van der Waals surface area contributed by atoms with Crippen LogP contribution in [0.1, 0.15) is 12.0 Å². The van der Waals surface area contributed by atoms with Crippen LogP contribution in [0.15, 0.2) is 24.3 Å². The van der Waals surface area contributed by atoms with Gasteiger partial charge in [0.2, 0.25) is 0 Å². The van der Waals surface area contributed by atoms with E-state index in [2.05, 4.69) is 5.32 Å². The molecule has 1 saturated heterocycles. The first-order valence-corrected chi connectivity index (χ1v) is 9.67. The van der Waals surface area contributed by atoms with Crippen molar-refractivity contribution >= 4 is 21.7 Å². The Morgan fingerprint density at radius 3 is 2.56 bits per heavy atom. The Morgan fingerprint density at radius 1 is 1.32 bits per heavy atom. The molecule has 1 aromatic rings. The second-order valence-electron chi connectivity index (χ2n) is 5.86. The SMILES string of the molecule is COCCN(C(=O)C(=O)NCc1ccc(F)cc1)C1CCS(=O)(=O)C1. The number of carbonyl (C=O) groups excluding carboxylic acids is 2. The highest BCUT2D eigenvalue weighted by atomic mass is 32.2. The molecule has 138 valence electrons. The molecule has 1 aliphatic heterocycles. The molecule has 2 amide bonds. The molecule has 2 rings (SSSR count). The van der Waals surface area contributed by atoms with Crippen LogP contribution in [-0.4, -0.2) is 62.9 Å². The summed E-state index contributed by atoms with van der Waals surface area (Å²) in [7, 11) is -1.73. The van der Waals surface area contributed by atoms with Gasteiger partial charge in [-0.1, -0.05) is 12.1 Å². The average molecular weight is 372 g/mol. The monoisotopic (exact) mass is 372 g/mol. The molecule has 1 fully saturated rings. The van der Waals surface area contributed by atoms with E-state index in [0.29, 0.717) is 12.0 Å². The van der Waals surface area contributed by atoms with Gasteiger partial charge in [0.15, 0.2) is 9.84 Å². The Kier molecular flexibility index (Phi) is 6.49. The first-order valence-electron chi connectivity index (χ1n) is 7.85. The maximum absolute atomic E-state index is 12.9. The van der Waals surface area contributed by atoms with Crippen LogP contribution < -0.4 is 5.32 Å². The van der Waals surface area contributed by atoms with Crippen LogP contribution in [-0.2, 0) is 30.7 Å². The summed E-state index contributed by atoms with van der Waals surface area (Å²) in [5, 5.41) is 2.48. The molecule has 1 heterocycles. The Morgan fingerprint density at radius 2 is 2.00 bits per heavy atom. The van der Waals surface area contributed by atoms with Crippen LogP contribution in [0.4, 0.5) is 4.39 Å². The molecule has 0 aliphatic carbocycles. The van der Waals surface area contributed by atoms with Crippen molar-refractivity contribution in [1.82, 2.24) is 10.2 Å². The van der Waals surface area contributed by atoms with Gasteiger partial charge in [-0.05, 0) is 24.1 Å². The normalized spacial score (nSPS) is 18.7. The number of amides is 2. The van der Waals surface area contributed by atoms with E-state index in [-0.39, 0.29) is 37.0 Å². The van der Waals surface area contributed by atoms with Crippen LogP contribution in [0.25, 0.3) is 0 Å². The maximum Gasteiger partial charge on any atom is 0.312 e. The second-order valence-corrected chi connectivity index (χ2v) is 8.09. The van der Waals surface area contributed by atoms with E-state index in [1.54, 1.807) is 0 Å². The van der Waals surface area contributed by atoms with E-state index in [0.717, 1.165) is 0 Å². The Bertz CT molecular complexity index is 721. The van der Waals surface area contributed by atoms with E-state index >= 15 is 0 Å².